The van der Waals surface area contributed by atoms with Gasteiger partial charge in [0, 0.05) is 67.5 Å². The fourth-order valence-corrected chi connectivity index (χ4v) is 5.57. The predicted molar refractivity (Wildman–Crippen MR) is 169 cm³/mol. The maximum atomic E-state index is 12.4. The van der Waals surface area contributed by atoms with Crippen molar-refractivity contribution in [3.63, 3.8) is 0 Å². The third-order valence-corrected chi connectivity index (χ3v) is 7.65. The highest BCUT2D eigenvalue weighted by Crippen LogP contribution is 2.30. The van der Waals surface area contributed by atoms with Crippen LogP contribution in [0.3, 0.4) is 0 Å². The van der Waals surface area contributed by atoms with E-state index in [-0.39, 0.29) is 18.8 Å². The zero-order valence-corrected chi connectivity index (χ0v) is 26.7. The average molecular weight is 646 g/mol. The van der Waals surface area contributed by atoms with Gasteiger partial charge < -0.3 is 29.1 Å². The lowest BCUT2D eigenvalue weighted by molar-refractivity contribution is 0.0209. The second-order valence-corrected chi connectivity index (χ2v) is 12.7. The van der Waals surface area contributed by atoms with Gasteiger partial charge in [-0.1, -0.05) is 23.2 Å². The molecule has 4 heterocycles. The topological polar surface area (TPSA) is 113 Å². The van der Waals surface area contributed by atoms with Crippen LogP contribution >= 0.6 is 23.2 Å². The quantitative estimate of drug-likeness (QED) is 0.364. The molecule has 0 saturated carbocycles. The maximum Gasteiger partial charge on any atom is 0.410 e. The number of benzene rings is 1. The second-order valence-electron chi connectivity index (χ2n) is 11.9. The molecule has 0 aliphatic carbocycles. The van der Waals surface area contributed by atoms with E-state index in [0.29, 0.717) is 72.6 Å². The molecule has 0 radical (unpaired) electrons. The first-order chi connectivity index (χ1) is 21.0. The number of hydrogen-bond donors (Lipinski definition) is 1. The van der Waals surface area contributed by atoms with Gasteiger partial charge >= 0.3 is 6.09 Å². The molecule has 0 spiro atoms. The van der Waals surface area contributed by atoms with Crippen molar-refractivity contribution in [3.8, 4) is 22.9 Å². The summed E-state index contributed by atoms with van der Waals surface area (Å²) in [6.45, 7) is 10.6. The van der Waals surface area contributed by atoms with E-state index < -0.39 is 5.60 Å². The molecule has 0 bridgehead atoms. The number of carbonyl (C=O) groups excluding carboxylic acids is 1. The lowest BCUT2D eigenvalue weighted by atomic mass is 10.1. The van der Waals surface area contributed by atoms with Crippen molar-refractivity contribution in [2.24, 2.45) is 0 Å². The summed E-state index contributed by atoms with van der Waals surface area (Å²) in [7, 11) is 0. The average Bonchev–Trinajstić information content (AvgIpc) is 3.21. The number of hydrogen-bond acceptors (Lipinski definition) is 10. The first-order valence-corrected chi connectivity index (χ1v) is 15.5. The predicted octanol–water partition coefficient (Wildman–Crippen LogP) is 5.28. The van der Waals surface area contributed by atoms with E-state index in [1.54, 1.807) is 23.4 Å². The molecule has 2 fully saturated rings. The largest absolute Gasteiger partial charge is 0.444 e. The number of pyridine rings is 1. The van der Waals surface area contributed by atoms with Crippen molar-refractivity contribution in [3.05, 3.63) is 58.3 Å². The Morgan fingerprint density at radius 2 is 1.70 bits per heavy atom. The molecule has 1 amide bonds. The van der Waals surface area contributed by atoms with Crippen LogP contribution in [0, 0.1) is 0 Å². The van der Waals surface area contributed by atoms with Crippen LogP contribution in [0.5, 0.6) is 11.6 Å². The molecule has 13 heteroatoms. The van der Waals surface area contributed by atoms with E-state index >= 15 is 0 Å². The lowest BCUT2D eigenvalue weighted by Gasteiger charge is -2.35. The number of rotatable bonds is 7. The molecule has 5 rings (SSSR count). The molecule has 1 aromatic carbocycles. The van der Waals surface area contributed by atoms with Crippen LogP contribution in [0.2, 0.25) is 10.0 Å². The Morgan fingerprint density at radius 1 is 1.00 bits per heavy atom. The standard InChI is InChI=1S/C31H38Cl2N6O5/c1-31(2,3)44-30(41)39-8-6-38(7-9-39)29-34-17-26(18-35-29)43-28-13-21(19-37-5-4-25(20-40)42-11-10-37)12-27(36-28)22-14-23(32)16-24(33)15-22/h12-18,25,40H,4-11,19-20H2,1-3H3. The Kier molecular flexibility index (Phi) is 10.4. The van der Waals surface area contributed by atoms with E-state index in [9.17, 15) is 9.90 Å². The van der Waals surface area contributed by atoms with Crippen molar-refractivity contribution in [1.82, 2.24) is 24.8 Å². The summed E-state index contributed by atoms with van der Waals surface area (Å²) < 4.78 is 17.4. The number of ether oxygens (including phenoxy) is 3. The van der Waals surface area contributed by atoms with Gasteiger partial charge in [-0.3, -0.25) is 4.90 Å². The summed E-state index contributed by atoms with van der Waals surface area (Å²) >= 11 is 12.6. The SMILES string of the molecule is CC(C)(C)OC(=O)N1CCN(c2ncc(Oc3cc(CN4CCOC(CO)CC4)cc(-c4cc(Cl)cc(Cl)c4)n3)cn2)CC1. The van der Waals surface area contributed by atoms with E-state index in [4.69, 9.17) is 42.4 Å². The van der Waals surface area contributed by atoms with E-state index in [0.717, 1.165) is 30.6 Å². The first kappa shape index (κ1) is 32.2. The number of aromatic nitrogens is 3. The minimum atomic E-state index is -0.532. The molecule has 1 N–H and O–H groups in total. The smallest absolute Gasteiger partial charge is 0.410 e. The van der Waals surface area contributed by atoms with Crippen molar-refractivity contribution in [2.45, 2.75) is 45.4 Å². The maximum absolute atomic E-state index is 12.4. The third kappa shape index (κ3) is 8.92. The van der Waals surface area contributed by atoms with Gasteiger partial charge in [-0.25, -0.2) is 19.7 Å². The highest BCUT2D eigenvalue weighted by molar-refractivity contribution is 6.35. The van der Waals surface area contributed by atoms with Crippen molar-refractivity contribution in [1.29, 1.82) is 0 Å². The second kappa shape index (κ2) is 14.3. The summed E-state index contributed by atoms with van der Waals surface area (Å²) in [6.07, 6.45) is 3.54. The van der Waals surface area contributed by atoms with E-state index in [1.165, 1.54) is 0 Å². The van der Waals surface area contributed by atoms with Gasteiger partial charge in [0.15, 0.2) is 5.75 Å². The monoisotopic (exact) mass is 644 g/mol. The Labute approximate surface area is 267 Å². The number of nitrogens with zero attached hydrogens (tertiary/aromatic N) is 6. The third-order valence-electron chi connectivity index (χ3n) is 7.21. The van der Waals surface area contributed by atoms with Crippen LogP contribution in [-0.4, -0.2) is 100 Å². The zero-order valence-electron chi connectivity index (χ0n) is 25.2. The minimum absolute atomic E-state index is 0.0178. The summed E-state index contributed by atoms with van der Waals surface area (Å²) in [5.74, 6) is 1.38. The molecule has 236 valence electrons. The zero-order chi connectivity index (χ0) is 31.3. The fraction of sp³-hybridized carbons (Fsp3) is 0.484. The molecule has 1 unspecified atom stereocenters. The number of amides is 1. The molecule has 2 aromatic heterocycles. The molecule has 2 aliphatic heterocycles. The van der Waals surface area contributed by atoms with Gasteiger partial charge in [0.2, 0.25) is 11.8 Å². The number of anilines is 1. The first-order valence-electron chi connectivity index (χ1n) is 14.7. The Morgan fingerprint density at radius 3 is 2.36 bits per heavy atom. The number of aliphatic hydroxyl groups is 1. The highest BCUT2D eigenvalue weighted by Gasteiger charge is 2.27. The van der Waals surface area contributed by atoms with Crippen molar-refractivity contribution in [2.75, 3.05) is 57.4 Å². The molecule has 3 aromatic rings. The van der Waals surface area contributed by atoms with Gasteiger partial charge in [0.05, 0.1) is 37.4 Å². The van der Waals surface area contributed by atoms with Gasteiger partial charge in [0.1, 0.15) is 5.60 Å². The molecule has 44 heavy (non-hydrogen) atoms. The van der Waals surface area contributed by atoms with Gasteiger partial charge in [-0.15, -0.1) is 0 Å². The highest BCUT2D eigenvalue weighted by atomic mass is 35.5. The number of halogens is 2. The van der Waals surface area contributed by atoms with E-state index in [2.05, 4.69) is 14.9 Å². The van der Waals surface area contributed by atoms with Crippen LogP contribution in [0.1, 0.15) is 32.8 Å². The van der Waals surface area contributed by atoms with Gasteiger partial charge in [0.25, 0.3) is 0 Å². The summed E-state index contributed by atoms with van der Waals surface area (Å²) in [6, 6.07) is 9.21. The minimum Gasteiger partial charge on any atom is -0.444 e. The Bertz CT molecular complexity index is 1410. The normalized spacial score (nSPS) is 18.2. The van der Waals surface area contributed by atoms with Crippen LogP contribution < -0.4 is 9.64 Å². The summed E-state index contributed by atoms with van der Waals surface area (Å²) in [4.78, 5) is 32.2. The summed E-state index contributed by atoms with van der Waals surface area (Å²) in [5, 5.41) is 10.5. The molecular formula is C31H38Cl2N6O5. The number of piperazine rings is 1. The van der Waals surface area contributed by atoms with E-state index in [1.807, 2.05) is 49.9 Å². The Hall–Kier alpha value is -3.22. The lowest BCUT2D eigenvalue weighted by Crippen LogP contribution is -2.50. The van der Waals surface area contributed by atoms with Crippen LogP contribution in [0.15, 0.2) is 42.7 Å². The van der Waals surface area contributed by atoms with Crippen LogP contribution in [-0.2, 0) is 16.0 Å². The fourth-order valence-electron chi connectivity index (χ4n) is 5.04. The molecule has 1 atom stereocenters. The summed E-state index contributed by atoms with van der Waals surface area (Å²) in [5.41, 5.74) is 1.89. The molecule has 2 aliphatic rings. The van der Waals surface area contributed by atoms with Crippen molar-refractivity contribution < 1.29 is 24.1 Å². The number of carbonyl (C=O) groups is 1. The number of aliphatic hydroxyl groups excluding tert-OH is 1. The molecule has 11 nitrogen and oxygen atoms in total. The van der Waals surface area contributed by atoms with Gasteiger partial charge in [-0.05, 0) is 57.0 Å². The van der Waals surface area contributed by atoms with Gasteiger partial charge in [-0.2, -0.15) is 0 Å². The molecule has 2 saturated heterocycles. The molecular weight excluding hydrogens is 607 g/mol. The Balaban J connectivity index is 1.29. The van der Waals surface area contributed by atoms with Crippen molar-refractivity contribution >= 4 is 35.2 Å². The van der Waals surface area contributed by atoms with Crippen LogP contribution in [0.4, 0.5) is 10.7 Å². The van der Waals surface area contributed by atoms with Crippen LogP contribution in [0.25, 0.3) is 11.3 Å².